The molecular weight excluding hydrogens is 208 g/mol. The highest BCUT2D eigenvalue weighted by Gasteiger charge is 2.56. The van der Waals surface area contributed by atoms with E-state index in [2.05, 4.69) is 31.4 Å². The number of rotatable bonds is 2. The lowest BCUT2D eigenvalue weighted by molar-refractivity contribution is -0.116. The lowest BCUT2D eigenvalue weighted by Crippen LogP contribution is -2.61. The molecule has 0 spiro atoms. The molecule has 3 saturated carbocycles. The molecule has 0 aromatic carbocycles. The van der Waals surface area contributed by atoms with E-state index in [1.54, 1.807) is 0 Å². The van der Waals surface area contributed by atoms with Crippen LogP contribution in [0.2, 0.25) is 0 Å². The fourth-order valence-corrected chi connectivity index (χ4v) is 4.66. The Morgan fingerprint density at radius 2 is 1.82 bits per heavy atom. The molecule has 0 amide bonds. The van der Waals surface area contributed by atoms with Crippen LogP contribution in [0.1, 0.15) is 46.5 Å². The van der Waals surface area contributed by atoms with Crippen molar-refractivity contribution in [2.45, 2.75) is 58.5 Å². The molecule has 1 heterocycles. The Balaban J connectivity index is 1.59. The second kappa shape index (κ2) is 4.24. The second-order valence-corrected chi connectivity index (χ2v) is 7.25. The van der Waals surface area contributed by atoms with Gasteiger partial charge in [0.15, 0.2) is 0 Å². The Morgan fingerprint density at radius 1 is 1.12 bits per heavy atom. The van der Waals surface area contributed by atoms with Crippen molar-refractivity contribution in [1.29, 1.82) is 0 Å². The summed E-state index contributed by atoms with van der Waals surface area (Å²) in [6.07, 6.45) is 5.57. The van der Waals surface area contributed by atoms with Crippen LogP contribution in [0.5, 0.6) is 0 Å². The lowest BCUT2D eigenvalue weighted by atomic mass is 9.44. The Hall–Kier alpha value is -0.0800. The first-order valence-corrected chi connectivity index (χ1v) is 7.56. The highest BCUT2D eigenvalue weighted by Crippen LogP contribution is 2.61. The van der Waals surface area contributed by atoms with Crippen LogP contribution in [0.3, 0.4) is 0 Å². The van der Waals surface area contributed by atoms with Gasteiger partial charge >= 0.3 is 0 Å². The third-order valence-electron chi connectivity index (χ3n) is 6.14. The maximum absolute atomic E-state index is 3.97. The summed E-state index contributed by atoms with van der Waals surface area (Å²) in [5, 5.41) is 7.42. The molecule has 0 aromatic rings. The zero-order valence-electron chi connectivity index (χ0n) is 11.6. The van der Waals surface area contributed by atoms with Crippen molar-refractivity contribution < 1.29 is 0 Å². The van der Waals surface area contributed by atoms with Crippen molar-refractivity contribution in [3.05, 3.63) is 0 Å². The van der Waals surface area contributed by atoms with Gasteiger partial charge in [0.05, 0.1) is 0 Å². The van der Waals surface area contributed by atoms with Gasteiger partial charge in [0.25, 0.3) is 0 Å². The largest absolute Gasteiger partial charge is 0.317 e. The van der Waals surface area contributed by atoms with Crippen molar-refractivity contribution >= 4 is 0 Å². The second-order valence-electron chi connectivity index (χ2n) is 7.25. The number of hydrogen-bond acceptors (Lipinski definition) is 2. The molecule has 2 nitrogen and oxygen atoms in total. The third-order valence-corrected chi connectivity index (χ3v) is 6.14. The lowest BCUT2D eigenvalue weighted by Gasteiger charge is -2.62. The molecule has 4 fully saturated rings. The highest BCUT2D eigenvalue weighted by atomic mass is 15.0. The molecule has 0 unspecified atom stereocenters. The summed E-state index contributed by atoms with van der Waals surface area (Å²) >= 11 is 0. The van der Waals surface area contributed by atoms with E-state index in [0.717, 1.165) is 29.8 Å². The van der Waals surface area contributed by atoms with Crippen LogP contribution in [-0.4, -0.2) is 25.2 Å². The van der Waals surface area contributed by atoms with Crippen LogP contribution in [-0.2, 0) is 0 Å². The quantitative estimate of drug-likeness (QED) is 0.769. The maximum Gasteiger partial charge on any atom is 0.0101 e. The average molecular weight is 236 g/mol. The zero-order chi connectivity index (χ0) is 12.0. The van der Waals surface area contributed by atoms with Crippen LogP contribution in [0.25, 0.3) is 0 Å². The van der Waals surface area contributed by atoms with Gasteiger partial charge < -0.3 is 10.6 Å². The summed E-state index contributed by atoms with van der Waals surface area (Å²) < 4.78 is 0. The molecular formula is C15H28N2. The molecule has 1 saturated heterocycles. The summed E-state index contributed by atoms with van der Waals surface area (Å²) in [6, 6.07) is 1.58. The molecule has 98 valence electrons. The summed E-state index contributed by atoms with van der Waals surface area (Å²) in [4.78, 5) is 0. The van der Waals surface area contributed by atoms with Crippen LogP contribution in [0.4, 0.5) is 0 Å². The van der Waals surface area contributed by atoms with Gasteiger partial charge in [0, 0.05) is 12.1 Å². The van der Waals surface area contributed by atoms with E-state index in [9.17, 15) is 0 Å². The molecule has 2 N–H and O–H groups in total. The van der Waals surface area contributed by atoms with Gasteiger partial charge in [0.1, 0.15) is 0 Å². The van der Waals surface area contributed by atoms with Crippen molar-refractivity contribution in [3.63, 3.8) is 0 Å². The number of nitrogens with one attached hydrogen (secondary N) is 2. The average Bonchev–Trinajstić information content (AvgIpc) is 2.32. The molecule has 4 rings (SSSR count). The van der Waals surface area contributed by atoms with Crippen molar-refractivity contribution in [2.24, 2.45) is 23.2 Å². The summed E-state index contributed by atoms with van der Waals surface area (Å²) in [6.45, 7) is 9.88. The highest BCUT2D eigenvalue weighted by molar-refractivity contribution is 5.07. The summed E-state index contributed by atoms with van der Waals surface area (Å²) in [7, 11) is 0. The first-order valence-electron chi connectivity index (χ1n) is 7.56. The Bertz CT molecular complexity index is 281. The van der Waals surface area contributed by atoms with E-state index in [1.165, 1.54) is 38.8 Å². The van der Waals surface area contributed by atoms with Crippen molar-refractivity contribution in [3.8, 4) is 0 Å². The predicted octanol–water partition coefficient (Wildman–Crippen LogP) is 2.40. The van der Waals surface area contributed by atoms with Crippen LogP contribution >= 0.6 is 0 Å². The molecule has 3 aliphatic carbocycles. The Labute approximate surface area is 106 Å². The van der Waals surface area contributed by atoms with Gasteiger partial charge in [-0.2, -0.15) is 0 Å². The zero-order valence-corrected chi connectivity index (χ0v) is 11.6. The smallest absolute Gasteiger partial charge is 0.0101 e. The fourth-order valence-electron chi connectivity index (χ4n) is 4.66. The van der Waals surface area contributed by atoms with E-state index in [-0.39, 0.29) is 0 Å². The molecule has 2 bridgehead atoms. The topological polar surface area (TPSA) is 24.1 Å². The Morgan fingerprint density at radius 3 is 2.41 bits per heavy atom. The van der Waals surface area contributed by atoms with Gasteiger partial charge in [-0.1, -0.05) is 20.8 Å². The SMILES string of the molecule is C[C@@H]1[C@@H](NC2CCNCC2)C[C@H]2C[C@@H]1C2(C)C. The van der Waals surface area contributed by atoms with Crippen LogP contribution in [0.15, 0.2) is 0 Å². The molecule has 4 atom stereocenters. The molecule has 1 aliphatic heterocycles. The number of fused-ring (bicyclic) bond motifs is 2. The molecule has 0 aromatic heterocycles. The number of piperidine rings is 1. The first kappa shape index (κ1) is 12.0. The van der Waals surface area contributed by atoms with E-state index in [4.69, 9.17) is 0 Å². The van der Waals surface area contributed by atoms with Gasteiger partial charge in [-0.25, -0.2) is 0 Å². The molecule has 4 aliphatic rings. The predicted molar refractivity (Wildman–Crippen MR) is 72.0 cm³/mol. The number of hydrogen-bond donors (Lipinski definition) is 2. The normalized spacial score (nSPS) is 45.4. The van der Waals surface area contributed by atoms with Crippen LogP contribution < -0.4 is 10.6 Å². The third kappa shape index (κ3) is 1.94. The molecule has 2 heteroatoms. The van der Waals surface area contributed by atoms with E-state index >= 15 is 0 Å². The standard InChI is InChI=1S/C15H28N2/c1-10-13-8-11(15(13,2)3)9-14(10)17-12-4-6-16-7-5-12/h10-14,16-17H,4-9H2,1-3H3/t10-,11+,13-,14-/m0/s1. The van der Waals surface area contributed by atoms with E-state index in [1.807, 2.05) is 0 Å². The van der Waals surface area contributed by atoms with E-state index < -0.39 is 0 Å². The molecule has 0 radical (unpaired) electrons. The molecule has 17 heavy (non-hydrogen) atoms. The summed E-state index contributed by atoms with van der Waals surface area (Å²) in [5.74, 6) is 2.84. The van der Waals surface area contributed by atoms with Crippen molar-refractivity contribution in [2.75, 3.05) is 13.1 Å². The minimum absolute atomic E-state index is 0.631. The minimum Gasteiger partial charge on any atom is -0.317 e. The van der Waals surface area contributed by atoms with Gasteiger partial charge in [-0.05, 0) is 61.9 Å². The van der Waals surface area contributed by atoms with E-state index in [0.29, 0.717) is 5.41 Å². The summed E-state index contributed by atoms with van der Waals surface area (Å²) in [5.41, 5.74) is 0.631. The minimum atomic E-state index is 0.631. The van der Waals surface area contributed by atoms with Crippen LogP contribution in [0, 0.1) is 23.2 Å². The van der Waals surface area contributed by atoms with Crippen molar-refractivity contribution in [1.82, 2.24) is 10.6 Å². The maximum atomic E-state index is 3.97. The van der Waals surface area contributed by atoms with Gasteiger partial charge in [0.2, 0.25) is 0 Å². The van der Waals surface area contributed by atoms with Gasteiger partial charge in [-0.3, -0.25) is 0 Å². The van der Waals surface area contributed by atoms with Gasteiger partial charge in [-0.15, -0.1) is 0 Å². The Kier molecular flexibility index (Phi) is 2.99. The first-order chi connectivity index (χ1) is 8.09. The monoisotopic (exact) mass is 236 g/mol. The fraction of sp³-hybridized carbons (Fsp3) is 1.00.